The normalized spacial score (nSPS) is 24.2. The maximum Gasteiger partial charge on any atom is 0.122 e. The van der Waals surface area contributed by atoms with Gasteiger partial charge in [0.2, 0.25) is 0 Å². The minimum absolute atomic E-state index is 0.343. The van der Waals surface area contributed by atoms with Gasteiger partial charge in [0.15, 0.2) is 0 Å². The molecule has 3 nitrogen and oxygen atoms in total. The van der Waals surface area contributed by atoms with E-state index in [1.54, 1.807) is 0 Å². The van der Waals surface area contributed by atoms with Gasteiger partial charge in [0.05, 0.1) is 18.8 Å². The van der Waals surface area contributed by atoms with Gasteiger partial charge in [-0.3, -0.25) is 4.90 Å². The summed E-state index contributed by atoms with van der Waals surface area (Å²) in [5.74, 6) is 1.61. The Bertz CT molecular complexity index is 439. The van der Waals surface area contributed by atoms with E-state index in [0.717, 1.165) is 44.8 Å². The van der Waals surface area contributed by atoms with Crippen molar-refractivity contribution in [2.24, 2.45) is 0 Å². The van der Waals surface area contributed by atoms with Crippen molar-refractivity contribution in [3.63, 3.8) is 0 Å². The van der Waals surface area contributed by atoms with Crippen molar-refractivity contribution in [2.75, 3.05) is 26.2 Å². The molecule has 1 heterocycles. The quantitative estimate of drug-likeness (QED) is 0.709. The van der Waals surface area contributed by atoms with Crippen LogP contribution in [-0.2, 0) is 4.74 Å². The lowest BCUT2D eigenvalue weighted by molar-refractivity contribution is -0.0686. The van der Waals surface area contributed by atoms with Crippen LogP contribution in [0.25, 0.3) is 0 Å². The first-order valence-electron chi connectivity index (χ1n) is 8.69. The molecule has 1 fully saturated rings. The number of rotatable bonds is 7. The number of ether oxygens (including phenoxy) is 2. The summed E-state index contributed by atoms with van der Waals surface area (Å²) in [5.41, 5.74) is 1.33. The summed E-state index contributed by atoms with van der Waals surface area (Å²) in [7, 11) is 0. The van der Waals surface area contributed by atoms with Crippen molar-refractivity contribution in [1.29, 1.82) is 0 Å². The Morgan fingerprint density at radius 2 is 1.91 bits per heavy atom. The number of nitrogens with zero attached hydrogens (tertiary/aromatic N) is 1. The Hall–Kier alpha value is -1.06. The first-order valence-corrected chi connectivity index (χ1v) is 8.69. The van der Waals surface area contributed by atoms with Crippen molar-refractivity contribution in [3.05, 3.63) is 29.8 Å². The maximum absolute atomic E-state index is 6.05. The van der Waals surface area contributed by atoms with Gasteiger partial charge in [-0.15, -0.1) is 0 Å². The first kappa shape index (κ1) is 17.3. The topological polar surface area (TPSA) is 21.7 Å². The molecule has 0 aliphatic carbocycles. The molecule has 1 saturated heterocycles. The van der Waals surface area contributed by atoms with Crippen LogP contribution in [-0.4, -0.2) is 43.3 Å². The molecule has 124 valence electrons. The van der Waals surface area contributed by atoms with Gasteiger partial charge in [-0.05, 0) is 44.2 Å². The number of hydrogen-bond acceptors (Lipinski definition) is 3. The highest BCUT2D eigenvalue weighted by atomic mass is 16.5. The van der Waals surface area contributed by atoms with Crippen LogP contribution >= 0.6 is 0 Å². The predicted octanol–water partition coefficient (Wildman–Crippen LogP) is 4.08. The molecule has 0 radical (unpaired) electrons. The molecule has 3 heteroatoms. The van der Waals surface area contributed by atoms with Gasteiger partial charge in [0, 0.05) is 19.6 Å². The van der Waals surface area contributed by atoms with Crippen molar-refractivity contribution in [2.45, 2.75) is 58.7 Å². The molecular formula is C19H31NO2. The van der Waals surface area contributed by atoms with Crippen LogP contribution in [0.5, 0.6) is 5.75 Å². The molecule has 0 saturated carbocycles. The molecule has 0 bridgehead atoms. The van der Waals surface area contributed by atoms with E-state index in [9.17, 15) is 0 Å². The van der Waals surface area contributed by atoms with Gasteiger partial charge >= 0.3 is 0 Å². The second-order valence-corrected chi connectivity index (χ2v) is 6.57. The monoisotopic (exact) mass is 305 g/mol. The van der Waals surface area contributed by atoms with Crippen LogP contribution in [0.2, 0.25) is 0 Å². The molecule has 0 aromatic heterocycles. The first-order chi connectivity index (χ1) is 10.6. The van der Waals surface area contributed by atoms with E-state index >= 15 is 0 Å². The molecule has 0 N–H and O–H groups in total. The number of benzene rings is 1. The third-order valence-electron chi connectivity index (χ3n) is 4.43. The van der Waals surface area contributed by atoms with Crippen molar-refractivity contribution >= 4 is 0 Å². The fourth-order valence-corrected chi connectivity index (χ4v) is 3.18. The molecule has 22 heavy (non-hydrogen) atoms. The minimum Gasteiger partial charge on any atom is -0.493 e. The zero-order valence-electron chi connectivity index (χ0n) is 14.5. The average Bonchev–Trinajstić information content (AvgIpc) is 2.50. The van der Waals surface area contributed by atoms with E-state index in [4.69, 9.17) is 9.47 Å². The molecule has 1 aliphatic rings. The van der Waals surface area contributed by atoms with E-state index in [0.29, 0.717) is 18.1 Å². The molecule has 3 atom stereocenters. The fraction of sp³-hybridized carbons (Fsp3) is 0.684. The highest BCUT2D eigenvalue weighted by Gasteiger charge is 2.21. The van der Waals surface area contributed by atoms with Gasteiger partial charge < -0.3 is 9.47 Å². The van der Waals surface area contributed by atoms with Crippen LogP contribution in [0.1, 0.15) is 52.0 Å². The van der Waals surface area contributed by atoms with E-state index in [-0.39, 0.29) is 0 Å². The predicted molar refractivity (Wildman–Crippen MR) is 91.7 cm³/mol. The summed E-state index contributed by atoms with van der Waals surface area (Å²) < 4.78 is 11.8. The molecular weight excluding hydrogens is 274 g/mol. The SMILES string of the molecule is CC[C@@H](C)c1ccccc1OCCCN1C[C@H](C)O[C@@H](C)C1. The Kier molecular flexibility index (Phi) is 6.71. The number of hydrogen-bond donors (Lipinski definition) is 0. The Labute approximate surface area is 135 Å². The highest BCUT2D eigenvalue weighted by molar-refractivity contribution is 5.35. The Morgan fingerprint density at radius 1 is 1.23 bits per heavy atom. The lowest BCUT2D eigenvalue weighted by Gasteiger charge is -2.35. The second-order valence-electron chi connectivity index (χ2n) is 6.57. The summed E-state index contributed by atoms with van der Waals surface area (Å²) in [4.78, 5) is 2.49. The zero-order chi connectivity index (χ0) is 15.9. The minimum atomic E-state index is 0.343. The molecule has 1 aromatic rings. The average molecular weight is 305 g/mol. The third-order valence-corrected chi connectivity index (χ3v) is 4.43. The molecule has 1 aromatic carbocycles. The van der Waals surface area contributed by atoms with Crippen molar-refractivity contribution < 1.29 is 9.47 Å². The lowest BCUT2D eigenvalue weighted by atomic mass is 9.98. The zero-order valence-corrected chi connectivity index (χ0v) is 14.5. The Balaban J connectivity index is 1.77. The summed E-state index contributed by atoms with van der Waals surface area (Å²) >= 11 is 0. The van der Waals surface area contributed by atoms with E-state index < -0.39 is 0 Å². The molecule has 0 spiro atoms. The largest absolute Gasteiger partial charge is 0.493 e. The smallest absolute Gasteiger partial charge is 0.122 e. The van der Waals surface area contributed by atoms with E-state index in [2.05, 4.69) is 56.9 Å². The molecule has 2 rings (SSSR count). The van der Waals surface area contributed by atoms with E-state index in [1.807, 2.05) is 0 Å². The summed E-state index contributed by atoms with van der Waals surface area (Å²) in [6.45, 7) is 12.7. The van der Waals surface area contributed by atoms with Crippen molar-refractivity contribution in [1.82, 2.24) is 4.90 Å². The fourth-order valence-electron chi connectivity index (χ4n) is 3.18. The van der Waals surface area contributed by atoms with Crippen LogP contribution < -0.4 is 4.74 Å². The van der Waals surface area contributed by atoms with Gasteiger partial charge in [0.1, 0.15) is 5.75 Å². The molecule has 0 unspecified atom stereocenters. The third kappa shape index (κ3) is 4.99. The summed E-state index contributed by atoms with van der Waals surface area (Å²) in [6.07, 6.45) is 2.89. The van der Waals surface area contributed by atoms with Gasteiger partial charge in [0.25, 0.3) is 0 Å². The standard InChI is InChI=1S/C19H31NO2/c1-5-15(2)18-9-6-7-10-19(18)21-12-8-11-20-13-16(3)22-17(4)14-20/h6-7,9-10,15-17H,5,8,11-14H2,1-4H3/t15-,16+,17+/m1/s1. The van der Waals surface area contributed by atoms with Crippen LogP contribution in [0, 0.1) is 0 Å². The summed E-state index contributed by atoms with van der Waals surface area (Å²) in [6, 6.07) is 8.45. The second kappa shape index (κ2) is 8.54. The van der Waals surface area contributed by atoms with E-state index in [1.165, 1.54) is 5.56 Å². The van der Waals surface area contributed by atoms with Crippen molar-refractivity contribution in [3.8, 4) is 5.75 Å². The highest BCUT2D eigenvalue weighted by Crippen LogP contribution is 2.28. The van der Waals surface area contributed by atoms with Crippen LogP contribution in [0.3, 0.4) is 0 Å². The maximum atomic E-state index is 6.05. The number of morpholine rings is 1. The van der Waals surface area contributed by atoms with Gasteiger partial charge in [-0.1, -0.05) is 32.0 Å². The lowest BCUT2D eigenvalue weighted by Crippen LogP contribution is -2.45. The van der Waals surface area contributed by atoms with Crippen LogP contribution in [0.15, 0.2) is 24.3 Å². The molecule has 0 amide bonds. The van der Waals surface area contributed by atoms with Crippen LogP contribution in [0.4, 0.5) is 0 Å². The Morgan fingerprint density at radius 3 is 2.59 bits per heavy atom. The molecule has 1 aliphatic heterocycles. The van der Waals surface area contributed by atoms with Gasteiger partial charge in [-0.25, -0.2) is 0 Å². The summed E-state index contributed by atoms with van der Waals surface area (Å²) in [5, 5.41) is 0. The van der Waals surface area contributed by atoms with Gasteiger partial charge in [-0.2, -0.15) is 0 Å². The number of para-hydroxylation sites is 1.